The molecular weight excluding hydrogens is 174 g/mol. The highest BCUT2D eigenvalue weighted by atomic mass is 16.3. The second-order valence-electron chi connectivity index (χ2n) is 5.98. The molecule has 0 heterocycles. The molecule has 80 valence electrons. The lowest BCUT2D eigenvalue weighted by Crippen LogP contribution is -2.58. The summed E-state index contributed by atoms with van der Waals surface area (Å²) in [5.41, 5.74) is 0.392. The van der Waals surface area contributed by atoms with Gasteiger partial charge in [0.05, 0.1) is 6.73 Å². The lowest BCUT2D eigenvalue weighted by atomic mass is 9.52. The van der Waals surface area contributed by atoms with Gasteiger partial charge in [-0.3, -0.25) is 4.90 Å². The van der Waals surface area contributed by atoms with Crippen molar-refractivity contribution in [1.29, 1.82) is 0 Å². The van der Waals surface area contributed by atoms with E-state index in [9.17, 15) is 5.11 Å². The summed E-state index contributed by atoms with van der Waals surface area (Å²) in [5.74, 6) is 2.95. The van der Waals surface area contributed by atoms with Crippen LogP contribution in [0.25, 0.3) is 0 Å². The van der Waals surface area contributed by atoms with Gasteiger partial charge in [0, 0.05) is 5.54 Å². The molecule has 14 heavy (non-hydrogen) atoms. The number of hydrogen-bond donors (Lipinski definition) is 1. The maximum Gasteiger partial charge on any atom is 0.0958 e. The monoisotopic (exact) mass is 195 g/mol. The SMILES string of the molecule is CN(CO)C12CC3CC(CC(C3)C1)C2. The number of rotatable bonds is 2. The molecule has 0 aliphatic heterocycles. The van der Waals surface area contributed by atoms with E-state index >= 15 is 0 Å². The Morgan fingerprint density at radius 2 is 1.50 bits per heavy atom. The summed E-state index contributed by atoms with van der Waals surface area (Å²) in [6.45, 7) is 0.242. The first-order valence-corrected chi connectivity index (χ1v) is 6.04. The van der Waals surface area contributed by atoms with Crippen LogP contribution in [0.5, 0.6) is 0 Å². The van der Waals surface area contributed by atoms with Gasteiger partial charge in [0.2, 0.25) is 0 Å². The fraction of sp³-hybridized carbons (Fsp3) is 1.00. The minimum absolute atomic E-state index is 0.242. The first kappa shape index (κ1) is 9.17. The molecule has 1 N–H and O–H groups in total. The molecule has 0 aromatic heterocycles. The predicted molar refractivity (Wildman–Crippen MR) is 55.8 cm³/mol. The van der Waals surface area contributed by atoms with Crippen LogP contribution in [0.1, 0.15) is 38.5 Å². The number of nitrogens with zero attached hydrogens (tertiary/aromatic N) is 1. The van der Waals surface area contributed by atoms with E-state index in [1.54, 1.807) is 0 Å². The lowest BCUT2D eigenvalue weighted by molar-refractivity contribution is -0.102. The standard InChI is InChI=1S/C12H21NO/c1-13(8-14)12-5-9-2-10(6-12)4-11(3-9)7-12/h9-11,14H,2-8H2,1H3. The highest BCUT2D eigenvalue weighted by molar-refractivity contribution is 5.06. The molecule has 4 bridgehead atoms. The van der Waals surface area contributed by atoms with Crippen molar-refractivity contribution in [3.05, 3.63) is 0 Å². The van der Waals surface area contributed by atoms with Crippen molar-refractivity contribution in [1.82, 2.24) is 4.90 Å². The van der Waals surface area contributed by atoms with Crippen LogP contribution in [0.3, 0.4) is 0 Å². The Balaban J connectivity index is 1.87. The molecule has 2 nitrogen and oxygen atoms in total. The molecule has 0 unspecified atom stereocenters. The Morgan fingerprint density at radius 3 is 1.86 bits per heavy atom. The second-order valence-corrected chi connectivity index (χ2v) is 5.98. The first-order chi connectivity index (χ1) is 6.72. The Kier molecular flexibility index (Phi) is 1.94. The van der Waals surface area contributed by atoms with Crippen LogP contribution in [-0.4, -0.2) is 29.3 Å². The predicted octanol–water partition coefficient (Wildman–Crippen LogP) is 1.84. The smallest absolute Gasteiger partial charge is 0.0958 e. The average molecular weight is 195 g/mol. The van der Waals surface area contributed by atoms with Crippen molar-refractivity contribution in [2.45, 2.75) is 44.1 Å². The fourth-order valence-electron chi connectivity index (χ4n) is 4.68. The molecule has 4 aliphatic rings. The van der Waals surface area contributed by atoms with E-state index in [0.717, 1.165) is 17.8 Å². The molecule has 4 aliphatic carbocycles. The second kappa shape index (κ2) is 2.96. The van der Waals surface area contributed by atoms with Gasteiger partial charge in [0.1, 0.15) is 0 Å². The molecule has 0 radical (unpaired) electrons. The average Bonchev–Trinajstić information content (AvgIpc) is 2.14. The molecule has 0 atom stereocenters. The van der Waals surface area contributed by atoms with Crippen molar-refractivity contribution in [2.24, 2.45) is 17.8 Å². The first-order valence-electron chi connectivity index (χ1n) is 6.04. The molecule has 0 saturated heterocycles. The third kappa shape index (κ3) is 1.17. The van der Waals surface area contributed by atoms with Gasteiger partial charge >= 0.3 is 0 Å². The van der Waals surface area contributed by atoms with E-state index in [1.807, 2.05) is 0 Å². The van der Waals surface area contributed by atoms with E-state index < -0.39 is 0 Å². The van der Waals surface area contributed by atoms with Crippen LogP contribution < -0.4 is 0 Å². The highest BCUT2D eigenvalue weighted by Gasteiger charge is 2.52. The largest absolute Gasteiger partial charge is 0.381 e. The maximum atomic E-state index is 9.32. The normalized spacial score (nSPS) is 50.4. The molecule has 0 aromatic carbocycles. The number of hydrogen-bond acceptors (Lipinski definition) is 2. The summed E-state index contributed by atoms with van der Waals surface area (Å²) in [6, 6.07) is 0. The molecule has 4 fully saturated rings. The molecule has 0 aromatic rings. The molecule has 0 amide bonds. The van der Waals surface area contributed by atoms with Crippen molar-refractivity contribution < 1.29 is 5.11 Å². The Morgan fingerprint density at radius 1 is 1.07 bits per heavy atom. The number of aliphatic hydroxyl groups excluding tert-OH is 1. The van der Waals surface area contributed by atoms with Crippen molar-refractivity contribution in [2.75, 3.05) is 13.8 Å². The molecule has 4 saturated carbocycles. The van der Waals surface area contributed by atoms with Crippen molar-refractivity contribution >= 4 is 0 Å². The van der Waals surface area contributed by atoms with Crippen LogP contribution in [-0.2, 0) is 0 Å². The van der Waals surface area contributed by atoms with Gasteiger partial charge in [-0.2, -0.15) is 0 Å². The molecular formula is C12H21NO. The summed E-state index contributed by atoms with van der Waals surface area (Å²) in [7, 11) is 2.10. The Hall–Kier alpha value is -0.0800. The summed E-state index contributed by atoms with van der Waals surface area (Å²) < 4.78 is 0. The van der Waals surface area contributed by atoms with E-state index in [1.165, 1.54) is 38.5 Å². The Labute approximate surface area is 86.3 Å². The van der Waals surface area contributed by atoms with E-state index in [-0.39, 0.29) is 6.73 Å². The summed E-state index contributed by atoms with van der Waals surface area (Å²) in [4.78, 5) is 2.22. The summed E-state index contributed by atoms with van der Waals surface area (Å²) in [5, 5.41) is 9.32. The van der Waals surface area contributed by atoms with Gasteiger partial charge in [-0.25, -0.2) is 0 Å². The lowest BCUT2D eigenvalue weighted by Gasteiger charge is -2.59. The van der Waals surface area contributed by atoms with E-state index in [0.29, 0.717) is 5.54 Å². The minimum Gasteiger partial charge on any atom is -0.381 e. The molecule has 2 heteroatoms. The molecule has 4 rings (SSSR count). The molecule has 0 spiro atoms. The zero-order valence-corrected chi connectivity index (χ0v) is 9.08. The van der Waals surface area contributed by atoms with E-state index in [4.69, 9.17) is 0 Å². The minimum atomic E-state index is 0.242. The topological polar surface area (TPSA) is 23.5 Å². The third-order valence-corrected chi connectivity index (χ3v) is 5.03. The zero-order chi connectivity index (χ0) is 9.76. The van der Waals surface area contributed by atoms with Crippen LogP contribution in [0.15, 0.2) is 0 Å². The van der Waals surface area contributed by atoms with Crippen molar-refractivity contribution in [3.63, 3.8) is 0 Å². The van der Waals surface area contributed by atoms with Gasteiger partial charge in [0.25, 0.3) is 0 Å². The van der Waals surface area contributed by atoms with Gasteiger partial charge in [-0.05, 0) is 63.3 Å². The van der Waals surface area contributed by atoms with Crippen LogP contribution in [0.2, 0.25) is 0 Å². The van der Waals surface area contributed by atoms with E-state index in [2.05, 4.69) is 11.9 Å². The van der Waals surface area contributed by atoms with Gasteiger partial charge in [-0.15, -0.1) is 0 Å². The fourth-order valence-corrected chi connectivity index (χ4v) is 4.68. The number of aliphatic hydroxyl groups is 1. The van der Waals surface area contributed by atoms with Crippen molar-refractivity contribution in [3.8, 4) is 0 Å². The zero-order valence-electron chi connectivity index (χ0n) is 9.08. The van der Waals surface area contributed by atoms with Gasteiger partial charge < -0.3 is 5.11 Å². The highest BCUT2D eigenvalue weighted by Crippen LogP contribution is 2.57. The quantitative estimate of drug-likeness (QED) is 0.680. The van der Waals surface area contributed by atoms with Gasteiger partial charge in [0.15, 0.2) is 0 Å². The maximum absolute atomic E-state index is 9.32. The van der Waals surface area contributed by atoms with Crippen LogP contribution in [0.4, 0.5) is 0 Å². The third-order valence-electron chi connectivity index (χ3n) is 5.03. The Bertz CT molecular complexity index is 203. The van der Waals surface area contributed by atoms with Crippen LogP contribution in [0, 0.1) is 17.8 Å². The summed E-state index contributed by atoms with van der Waals surface area (Å²) in [6.07, 6.45) is 8.53. The van der Waals surface area contributed by atoms with Crippen LogP contribution >= 0.6 is 0 Å². The van der Waals surface area contributed by atoms with Gasteiger partial charge in [-0.1, -0.05) is 0 Å². The summed E-state index contributed by atoms with van der Waals surface area (Å²) >= 11 is 0.